The standard InChI is InChI=1S/C11H11F2NO2S/c12-7-3-4-8(13)11-10(7)9(5-17(11,15)16)14-6-1-2-6/h3-4,6,9,14H,1-2,5H2. The SMILES string of the molecule is O=S1(=O)CC(NC2CC2)c2c(F)ccc(F)c21. The molecule has 0 bridgehead atoms. The third-order valence-electron chi connectivity index (χ3n) is 3.15. The van der Waals surface area contributed by atoms with Crippen molar-refractivity contribution < 1.29 is 17.2 Å². The molecule has 0 saturated heterocycles. The first-order valence-electron chi connectivity index (χ1n) is 5.46. The molecule has 1 aromatic carbocycles. The highest BCUT2D eigenvalue weighted by atomic mass is 32.2. The molecule has 1 unspecified atom stereocenters. The topological polar surface area (TPSA) is 46.2 Å². The van der Waals surface area contributed by atoms with Gasteiger partial charge in [-0.1, -0.05) is 0 Å². The van der Waals surface area contributed by atoms with Gasteiger partial charge in [0, 0.05) is 11.6 Å². The molecule has 1 aliphatic carbocycles. The van der Waals surface area contributed by atoms with Crippen LogP contribution in [0, 0.1) is 11.6 Å². The first kappa shape index (κ1) is 11.1. The summed E-state index contributed by atoms with van der Waals surface area (Å²) < 4.78 is 50.8. The van der Waals surface area contributed by atoms with Gasteiger partial charge in [-0.25, -0.2) is 17.2 Å². The number of rotatable bonds is 2. The average molecular weight is 259 g/mol. The maximum atomic E-state index is 13.7. The Kier molecular flexibility index (Phi) is 2.28. The van der Waals surface area contributed by atoms with Crippen molar-refractivity contribution in [1.29, 1.82) is 0 Å². The largest absolute Gasteiger partial charge is 0.306 e. The second kappa shape index (κ2) is 3.49. The van der Waals surface area contributed by atoms with E-state index >= 15 is 0 Å². The zero-order chi connectivity index (χ0) is 12.2. The fourth-order valence-corrected chi connectivity index (χ4v) is 4.05. The molecule has 2 aliphatic rings. The molecule has 0 aromatic heterocycles. The van der Waals surface area contributed by atoms with E-state index in [2.05, 4.69) is 5.32 Å². The summed E-state index contributed by atoms with van der Waals surface area (Å²) in [6.07, 6.45) is 1.92. The average Bonchev–Trinajstić information content (AvgIpc) is 2.98. The summed E-state index contributed by atoms with van der Waals surface area (Å²) in [5.41, 5.74) is -0.0306. The molecule has 1 atom stereocenters. The summed E-state index contributed by atoms with van der Waals surface area (Å²) in [6, 6.07) is 1.48. The molecule has 1 heterocycles. The van der Waals surface area contributed by atoms with E-state index < -0.39 is 32.4 Å². The summed E-state index contributed by atoms with van der Waals surface area (Å²) in [4.78, 5) is -0.462. The molecule has 3 rings (SSSR count). The number of nitrogens with one attached hydrogen (secondary N) is 1. The van der Waals surface area contributed by atoms with Crippen molar-refractivity contribution in [2.75, 3.05) is 5.75 Å². The second-order valence-corrected chi connectivity index (χ2v) is 6.52. The Bertz CT molecular complexity index is 581. The van der Waals surface area contributed by atoms with Crippen LogP contribution in [0.15, 0.2) is 17.0 Å². The number of fused-ring (bicyclic) bond motifs is 1. The van der Waals surface area contributed by atoms with Crippen LogP contribution in [0.4, 0.5) is 8.78 Å². The van der Waals surface area contributed by atoms with Crippen molar-refractivity contribution in [2.45, 2.75) is 29.8 Å². The summed E-state index contributed by atoms with van der Waals surface area (Å²) in [6.45, 7) is 0. The number of hydrogen-bond donors (Lipinski definition) is 1. The fraction of sp³-hybridized carbons (Fsp3) is 0.455. The van der Waals surface area contributed by atoms with Crippen LogP contribution in [0.2, 0.25) is 0 Å². The highest BCUT2D eigenvalue weighted by molar-refractivity contribution is 7.91. The zero-order valence-electron chi connectivity index (χ0n) is 8.91. The first-order chi connectivity index (χ1) is 7.99. The molecule has 1 aliphatic heterocycles. The van der Waals surface area contributed by atoms with Gasteiger partial charge in [-0.2, -0.15) is 0 Å². The van der Waals surface area contributed by atoms with Crippen molar-refractivity contribution in [3.8, 4) is 0 Å². The van der Waals surface area contributed by atoms with E-state index in [1.54, 1.807) is 0 Å². The smallest absolute Gasteiger partial charge is 0.183 e. The lowest BCUT2D eigenvalue weighted by molar-refractivity contribution is 0.513. The minimum Gasteiger partial charge on any atom is -0.306 e. The number of halogens is 2. The molecule has 0 amide bonds. The Hall–Kier alpha value is -1.01. The highest BCUT2D eigenvalue weighted by Gasteiger charge is 2.41. The predicted molar refractivity (Wildman–Crippen MR) is 57.3 cm³/mol. The van der Waals surface area contributed by atoms with Crippen LogP contribution in [0.1, 0.15) is 24.4 Å². The third-order valence-corrected chi connectivity index (χ3v) is 4.96. The van der Waals surface area contributed by atoms with E-state index in [1.807, 2.05) is 0 Å². The molecule has 1 saturated carbocycles. The zero-order valence-corrected chi connectivity index (χ0v) is 9.73. The number of hydrogen-bond acceptors (Lipinski definition) is 3. The summed E-state index contributed by atoms with van der Waals surface area (Å²) in [7, 11) is -3.70. The molecule has 0 radical (unpaired) electrons. The van der Waals surface area contributed by atoms with Crippen LogP contribution in [0.3, 0.4) is 0 Å². The summed E-state index contributed by atoms with van der Waals surface area (Å²) >= 11 is 0. The lowest BCUT2D eigenvalue weighted by atomic mass is 10.1. The van der Waals surface area contributed by atoms with Gasteiger partial charge in [-0.15, -0.1) is 0 Å². The summed E-state index contributed by atoms with van der Waals surface area (Å²) in [5.74, 6) is -1.77. The molecule has 6 heteroatoms. The predicted octanol–water partition coefficient (Wildman–Crippen LogP) is 1.55. The Balaban J connectivity index is 2.14. The Morgan fingerprint density at radius 2 is 1.82 bits per heavy atom. The van der Waals surface area contributed by atoms with E-state index in [0.29, 0.717) is 0 Å². The van der Waals surface area contributed by atoms with Gasteiger partial charge in [0.15, 0.2) is 9.84 Å². The first-order valence-corrected chi connectivity index (χ1v) is 7.11. The van der Waals surface area contributed by atoms with Crippen molar-refractivity contribution in [1.82, 2.24) is 5.32 Å². The van der Waals surface area contributed by atoms with Gasteiger partial charge >= 0.3 is 0 Å². The molecule has 1 aromatic rings. The van der Waals surface area contributed by atoms with Gasteiger partial charge in [-0.05, 0) is 25.0 Å². The molecular formula is C11H11F2NO2S. The van der Waals surface area contributed by atoms with Crippen LogP contribution in [-0.2, 0) is 9.84 Å². The molecule has 92 valence electrons. The summed E-state index contributed by atoms with van der Waals surface area (Å²) in [5, 5.41) is 3.05. The van der Waals surface area contributed by atoms with Gasteiger partial charge in [0.1, 0.15) is 16.5 Å². The van der Waals surface area contributed by atoms with E-state index in [1.165, 1.54) is 0 Å². The van der Waals surface area contributed by atoms with Gasteiger partial charge in [0.25, 0.3) is 0 Å². The van der Waals surface area contributed by atoms with E-state index in [-0.39, 0.29) is 17.4 Å². The molecule has 0 spiro atoms. The van der Waals surface area contributed by atoms with Crippen LogP contribution in [0.5, 0.6) is 0 Å². The fourth-order valence-electron chi connectivity index (χ4n) is 2.24. The number of sulfone groups is 1. The lowest BCUT2D eigenvalue weighted by Gasteiger charge is -2.12. The van der Waals surface area contributed by atoms with Crippen LogP contribution < -0.4 is 5.32 Å². The quantitative estimate of drug-likeness (QED) is 0.876. The van der Waals surface area contributed by atoms with Gasteiger partial charge in [-0.3, -0.25) is 0 Å². The monoisotopic (exact) mass is 259 g/mol. The van der Waals surface area contributed by atoms with Crippen molar-refractivity contribution >= 4 is 9.84 Å². The molecule has 1 fully saturated rings. The van der Waals surface area contributed by atoms with Crippen LogP contribution in [-0.4, -0.2) is 20.2 Å². The minimum absolute atomic E-state index is 0.0306. The maximum absolute atomic E-state index is 13.7. The molecule has 3 nitrogen and oxygen atoms in total. The Morgan fingerprint density at radius 3 is 2.47 bits per heavy atom. The van der Waals surface area contributed by atoms with Crippen molar-refractivity contribution in [2.24, 2.45) is 0 Å². The van der Waals surface area contributed by atoms with Crippen molar-refractivity contribution in [3.63, 3.8) is 0 Å². The van der Waals surface area contributed by atoms with E-state index in [0.717, 1.165) is 25.0 Å². The van der Waals surface area contributed by atoms with Gasteiger partial charge < -0.3 is 5.32 Å². The Labute approximate surface area is 97.8 Å². The van der Waals surface area contributed by atoms with Crippen LogP contribution in [0.25, 0.3) is 0 Å². The Morgan fingerprint density at radius 1 is 1.18 bits per heavy atom. The molecular weight excluding hydrogens is 248 g/mol. The van der Waals surface area contributed by atoms with E-state index in [4.69, 9.17) is 0 Å². The lowest BCUT2D eigenvalue weighted by Crippen LogP contribution is -2.25. The number of benzene rings is 1. The highest BCUT2D eigenvalue weighted by Crippen LogP contribution is 2.38. The van der Waals surface area contributed by atoms with Gasteiger partial charge in [0.2, 0.25) is 0 Å². The van der Waals surface area contributed by atoms with Gasteiger partial charge in [0.05, 0.1) is 11.8 Å². The van der Waals surface area contributed by atoms with E-state index in [9.17, 15) is 17.2 Å². The maximum Gasteiger partial charge on any atom is 0.183 e. The second-order valence-electron chi connectivity index (χ2n) is 4.55. The normalized spacial score (nSPS) is 25.9. The third kappa shape index (κ3) is 1.75. The van der Waals surface area contributed by atoms with Crippen molar-refractivity contribution in [3.05, 3.63) is 29.3 Å². The molecule has 17 heavy (non-hydrogen) atoms. The molecule has 1 N–H and O–H groups in total. The minimum atomic E-state index is -3.70. The van der Waals surface area contributed by atoms with Crippen LogP contribution >= 0.6 is 0 Å².